The Balaban J connectivity index is 3.83. The molecule has 0 saturated carbocycles. The number of carboxylic acid groups (broad SMARTS) is 2. The van der Waals surface area contributed by atoms with Crippen molar-refractivity contribution in [2.75, 3.05) is 0 Å². The molecule has 0 spiro atoms. The minimum absolute atomic E-state index is 0.236. The number of hydrogen-bond acceptors (Lipinski definition) is 2. The van der Waals surface area contributed by atoms with Gasteiger partial charge in [-0.2, -0.15) is 0 Å². The zero-order valence-electron chi connectivity index (χ0n) is 31.4. The highest BCUT2D eigenvalue weighted by molar-refractivity contribution is 5.81. The minimum atomic E-state index is -1.09. The summed E-state index contributed by atoms with van der Waals surface area (Å²) in [4.78, 5) is 23.9. The van der Waals surface area contributed by atoms with Crippen LogP contribution in [0.1, 0.15) is 251 Å². The summed E-state index contributed by atoms with van der Waals surface area (Å²) < 4.78 is 0. The van der Waals surface area contributed by atoms with Crippen LogP contribution in [0.5, 0.6) is 0 Å². The molecular weight excluding hydrogens is 568 g/mol. The number of carbonyl (C=O) groups is 2. The molecule has 0 saturated heterocycles. The molecule has 0 rings (SSSR count). The van der Waals surface area contributed by atoms with Gasteiger partial charge in [0.25, 0.3) is 0 Å². The van der Waals surface area contributed by atoms with E-state index in [0.717, 1.165) is 38.5 Å². The van der Waals surface area contributed by atoms with Gasteiger partial charge in [0.05, 0.1) is 11.8 Å². The van der Waals surface area contributed by atoms with Crippen LogP contribution in [0.25, 0.3) is 0 Å². The molecule has 0 amide bonds. The summed E-state index contributed by atoms with van der Waals surface area (Å²) in [7, 11) is 0. The van der Waals surface area contributed by atoms with E-state index in [-0.39, 0.29) is 6.42 Å². The summed E-state index contributed by atoms with van der Waals surface area (Å²) in [6.45, 7) is 4.55. The molecule has 0 radical (unpaired) electrons. The van der Waals surface area contributed by atoms with E-state index >= 15 is 0 Å². The Kier molecular flexibility index (Phi) is 34.4. The zero-order valence-corrected chi connectivity index (χ0v) is 31.4. The first-order valence-electron chi connectivity index (χ1n) is 20.9. The summed E-state index contributed by atoms with van der Waals surface area (Å²) in [5.41, 5.74) is -1.09. The fourth-order valence-corrected chi connectivity index (χ4v) is 7.26. The number of hydrogen-bond donors (Lipinski definition) is 2. The normalized spacial score (nSPS) is 11.8. The summed E-state index contributed by atoms with van der Waals surface area (Å²) in [6, 6.07) is 0. The molecular formula is C42H82O4. The van der Waals surface area contributed by atoms with E-state index in [9.17, 15) is 19.8 Å². The van der Waals surface area contributed by atoms with Gasteiger partial charge < -0.3 is 10.2 Å². The number of unbranched alkanes of at least 4 members (excludes halogenated alkanes) is 32. The van der Waals surface area contributed by atoms with Gasteiger partial charge in [-0.25, -0.2) is 0 Å². The van der Waals surface area contributed by atoms with Gasteiger partial charge in [0, 0.05) is 0 Å². The van der Waals surface area contributed by atoms with Crippen LogP contribution in [-0.4, -0.2) is 22.2 Å². The van der Waals surface area contributed by atoms with Crippen LogP contribution in [0.2, 0.25) is 0 Å². The molecule has 0 aromatic rings. The van der Waals surface area contributed by atoms with Crippen LogP contribution in [0.3, 0.4) is 0 Å². The SMILES string of the molecule is CCCCCCCCCCCCCCCCCCCC(CCCCCCCCCCCCCCCCCCC)(CC(=O)O)C(=O)O. The van der Waals surface area contributed by atoms with Crippen molar-refractivity contribution in [3.05, 3.63) is 0 Å². The molecule has 0 atom stereocenters. The second-order valence-corrected chi connectivity index (χ2v) is 15.0. The van der Waals surface area contributed by atoms with Crippen LogP contribution >= 0.6 is 0 Å². The van der Waals surface area contributed by atoms with Crippen molar-refractivity contribution in [2.45, 2.75) is 251 Å². The second-order valence-electron chi connectivity index (χ2n) is 15.0. The maximum atomic E-state index is 12.3. The van der Waals surface area contributed by atoms with Crippen LogP contribution < -0.4 is 0 Å². The van der Waals surface area contributed by atoms with Gasteiger partial charge in [0.1, 0.15) is 0 Å². The highest BCUT2D eigenvalue weighted by Crippen LogP contribution is 2.36. The summed E-state index contributed by atoms with van der Waals surface area (Å²) >= 11 is 0. The minimum Gasteiger partial charge on any atom is -0.481 e. The molecule has 0 fully saturated rings. The smallest absolute Gasteiger partial charge is 0.310 e. The van der Waals surface area contributed by atoms with E-state index in [1.54, 1.807) is 0 Å². The molecule has 0 aromatic carbocycles. The van der Waals surface area contributed by atoms with E-state index in [0.29, 0.717) is 12.8 Å². The lowest BCUT2D eigenvalue weighted by Crippen LogP contribution is -2.33. The fraction of sp³-hybridized carbons (Fsp3) is 0.952. The summed E-state index contributed by atoms with van der Waals surface area (Å²) in [6.07, 6.45) is 45.0. The molecule has 4 nitrogen and oxygen atoms in total. The van der Waals surface area contributed by atoms with E-state index in [4.69, 9.17) is 0 Å². The zero-order chi connectivity index (χ0) is 33.8. The van der Waals surface area contributed by atoms with Gasteiger partial charge in [0.15, 0.2) is 0 Å². The van der Waals surface area contributed by atoms with Gasteiger partial charge in [-0.05, 0) is 12.8 Å². The highest BCUT2D eigenvalue weighted by atomic mass is 16.4. The van der Waals surface area contributed by atoms with Gasteiger partial charge >= 0.3 is 11.9 Å². The third-order valence-corrected chi connectivity index (χ3v) is 10.5. The average molecular weight is 651 g/mol. The maximum Gasteiger partial charge on any atom is 0.310 e. The Bertz CT molecular complexity index is 608. The van der Waals surface area contributed by atoms with E-state index in [2.05, 4.69) is 13.8 Å². The average Bonchev–Trinajstić information content (AvgIpc) is 3.03. The van der Waals surface area contributed by atoms with Crippen molar-refractivity contribution in [1.29, 1.82) is 0 Å². The monoisotopic (exact) mass is 651 g/mol. The third kappa shape index (κ3) is 30.3. The van der Waals surface area contributed by atoms with Crippen molar-refractivity contribution in [3.8, 4) is 0 Å². The second kappa shape index (κ2) is 35.3. The highest BCUT2D eigenvalue weighted by Gasteiger charge is 2.39. The van der Waals surface area contributed by atoms with E-state index in [1.807, 2.05) is 0 Å². The lowest BCUT2D eigenvalue weighted by molar-refractivity contribution is -0.157. The summed E-state index contributed by atoms with van der Waals surface area (Å²) in [5, 5.41) is 19.6. The molecule has 0 aliphatic heterocycles. The molecule has 274 valence electrons. The first-order valence-corrected chi connectivity index (χ1v) is 20.9. The van der Waals surface area contributed by atoms with Crippen LogP contribution in [-0.2, 0) is 9.59 Å². The lowest BCUT2D eigenvalue weighted by Gasteiger charge is -2.28. The molecule has 0 heterocycles. The van der Waals surface area contributed by atoms with Gasteiger partial charge in [-0.15, -0.1) is 0 Å². The molecule has 46 heavy (non-hydrogen) atoms. The van der Waals surface area contributed by atoms with Crippen molar-refractivity contribution >= 4 is 11.9 Å². The quantitative estimate of drug-likeness (QED) is 0.0649. The maximum absolute atomic E-state index is 12.3. The van der Waals surface area contributed by atoms with Crippen LogP contribution in [0, 0.1) is 5.41 Å². The van der Waals surface area contributed by atoms with Gasteiger partial charge in [-0.1, -0.05) is 232 Å². The topological polar surface area (TPSA) is 74.6 Å². The van der Waals surface area contributed by atoms with E-state index in [1.165, 1.54) is 180 Å². The Morgan fingerprint density at radius 3 is 0.717 bits per heavy atom. The van der Waals surface area contributed by atoms with Crippen molar-refractivity contribution in [3.63, 3.8) is 0 Å². The third-order valence-electron chi connectivity index (χ3n) is 10.5. The molecule has 0 bridgehead atoms. The summed E-state index contributed by atoms with van der Waals surface area (Å²) in [5.74, 6) is -1.87. The Morgan fingerprint density at radius 1 is 0.348 bits per heavy atom. The van der Waals surface area contributed by atoms with Crippen molar-refractivity contribution < 1.29 is 19.8 Å². The fourth-order valence-electron chi connectivity index (χ4n) is 7.26. The van der Waals surface area contributed by atoms with Crippen molar-refractivity contribution in [1.82, 2.24) is 0 Å². The Labute approximate surface area is 288 Å². The number of rotatable bonds is 39. The molecule has 0 aliphatic rings. The number of aliphatic carboxylic acids is 2. The van der Waals surface area contributed by atoms with Crippen molar-refractivity contribution in [2.24, 2.45) is 5.41 Å². The molecule has 0 aromatic heterocycles. The predicted molar refractivity (Wildman–Crippen MR) is 200 cm³/mol. The first-order chi connectivity index (χ1) is 22.5. The van der Waals surface area contributed by atoms with Gasteiger partial charge in [0.2, 0.25) is 0 Å². The van der Waals surface area contributed by atoms with Crippen LogP contribution in [0.15, 0.2) is 0 Å². The molecule has 2 N–H and O–H groups in total. The lowest BCUT2D eigenvalue weighted by atomic mass is 9.75. The largest absolute Gasteiger partial charge is 0.481 e. The Hall–Kier alpha value is -1.06. The predicted octanol–water partition coefficient (Wildman–Crippen LogP) is 14.6. The first kappa shape index (κ1) is 44.9. The van der Waals surface area contributed by atoms with Crippen LogP contribution in [0.4, 0.5) is 0 Å². The standard InChI is InChI=1S/C42H82O4/c1-3-5-7-9-11-13-15-17-19-21-23-25-27-29-31-33-35-37-42(41(45)46,39-40(43)44)38-36-34-32-30-28-26-24-22-20-18-16-14-12-10-8-6-4-2/h3-39H2,1-2H3,(H,43,44)(H,45,46). The Morgan fingerprint density at radius 2 is 0.543 bits per heavy atom. The van der Waals surface area contributed by atoms with E-state index < -0.39 is 17.4 Å². The molecule has 0 aliphatic carbocycles. The molecule has 0 unspecified atom stereocenters. The van der Waals surface area contributed by atoms with Gasteiger partial charge in [-0.3, -0.25) is 9.59 Å². The molecule has 4 heteroatoms. The number of carboxylic acids is 2.